The summed E-state index contributed by atoms with van der Waals surface area (Å²) in [5.41, 5.74) is 1.16. The molecule has 0 bridgehead atoms. The SMILES string of the molecule is CNc1cc(C)nc(-c2cccc(OC(F)(F)F)c2)n1. The molecule has 0 radical (unpaired) electrons. The molecule has 1 aromatic carbocycles. The van der Waals surface area contributed by atoms with Gasteiger partial charge in [0.15, 0.2) is 5.82 Å². The Morgan fingerprint density at radius 1 is 1.15 bits per heavy atom. The molecule has 1 heterocycles. The van der Waals surface area contributed by atoms with E-state index in [1.807, 2.05) is 0 Å². The summed E-state index contributed by atoms with van der Waals surface area (Å²) in [5.74, 6) is 0.628. The minimum atomic E-state index is -4.72. The standard InChI is InChI=1S/C13H12F3N3O/c1-8-6-11(17-2)19-12(18-8)9-4-3-5-10(7-9)20-13(14,15)16/h3-7H,1-2H3,(H,17,18,19). The van der Waals surface area contributed by atoms with Crippen LogP contribution in [0.2, 0.25) is 0 Å². The van der Waals surface area contributed by atoms with Crippen LogP contribution in [0.4, 0.5) is 19.0 Å². The fourth-order valence-corrected chi connectivity index (χ4v) is 1.66. The summed E-state index contributed by atoms with van der Waals surface area (Å²) in [6.45, 7) is 1.78. The van der Waals surface area contributed by atoms with E-state index in [2.05, 4.69) is 20.0 Å². The molecule has 0 fully saturated rings. The van der Waals surface area contributed by atoms with E-state index in [0.29, 0.717) is 22.9 Å². The lowest BCUT2D eigenvalue weighted by atomic mass is 10.2. The first-order chi connectivity index (χ1) is 9.37. The number of nitrogens with one attached hydrogen (secondary N) is 1. The molecule has 0 aliphatic carbocycles. The third kappa shape index (κ3) is 3.59. The van der Waals surface area contributed by atoms with Gasteiger partial charge in [-0.15, -0.1) is 13.2 Å². The van der Waals surface area contributed by atoms with Gasteiger partial charge < -0.3 is 10.1 Å². The fraction of sp³-hybridized carbons (Fsp3) is 0.231. The summed E-state index contributed by atoms with van der Waals surface area (Å²) in [5, 5.41) is 2.87. The molecule has 4 nitrogen and oxygen atoms in total. The number of ether oxygens (including phenoxy) is 1. The maximum absolute atomic E-state index is 12.2. The van der Waals surface area contributed by atoms with Crippen molar-refractivity contribution in [1.29, 1.82) is 0 Å². The fourth-order valence-electron chi connectivity index (χ4n) is 1.66. The van der Waals surface area contributed by atoms with Gasteiger partial charge in [-0.1, -0.05) is 12.1 Å². The molecular weight excluding hydrogens is 271 g/mol. The Morgan fingerprint density at radius 2 is 1.90 bits per heavy atom. The minimum Gasteiger partial charge on any atom is -0.406 e. The molecule has 7 heteroatoms. The van der Waals surface area contributed by atoms with E-state index in [0.717, 1.165) is 0 Å². The summed E-state index contributed by atoms with van der Waals surface area (Å²) >= 11 is 0. The summed E-state index contributed by atoms with van der Waals surface area (Å²) < 4.78 is 40.5. The van der Waals surface area contributed by atoms with Crippen LogP contribution in [-0.4, -0.2) is 23.4 Å². The van der Waals surface area contributed by atoms with Gasteiger partial charge in [0.25, 0.3) is 0 Å². The molecule has 0 aliphatic heterocycles. The molecule has 0 aliphatic rings. The zero-order valence-corrected chi connectivity index (χ0v) is 10.8. The molecule has 0 saturated carbocycles. The lowest BCUT2D eigenvalue weighted by Gasteiger charge is -2.10. The highest BCUT2D eigenvalue weighted by Crippen LogP contribution is 2.27. The first kappa shape index (κ1) is 14.1. The zero-order chi connectivity index (χ0) is 14.8. The minimum absolute atomic E-state index is 0.300. The number of hydrogen-bond acceptors (Lipinski definition) is 4. The van der Waals surface area contributed by atoms with E-state index >= 15 is 0 Å². The van der Waals surface area contributed by atoms with Crippen molar-refractivity contribution in [2.45, 2.75) is 13.3 Å². The molecule has 106 valence electrons. The Hall–Kier alpha value is -2.31. The number of nitrogens with zero attached hydrogens (tertiary/aromatic N) is 2. The highest BCUT2D eigenvalue weighted by molar-refractivity contribution is 5.59. The van der Waals surface area contributed by atoms with Crippen LogP contribution in [0, 0.1) is 6.92 Å². The number of aromatic nitrogens is 2. The second kappa shape index (κ2) is 5.36. The number of hydrogen-bond donors (Lipinski definition) is 1. The number of alkyl halides is 3. The highest BCUT2D eigenvalue weighted by Gasteiger charge is 2.31. The maximum atomic E-state index is 12.2. The average Bonchev–Trinajstić information content (AvgIpc) is 2.36. The van der Waals surface area contributed by atoms with Gasteiger partial charge in [-0.05, 0) is 19.1 Å². The van der Waals surface area contributed by atoms with Crippen LogP contribution in [0.1, 0.15) is 5.69 Å². The predicted molar refractivity (Wildman–Crippen MR) is 68.4 cm³/mol. The molecule has 2 aromatic rings. The third-order valence-electron chi connectivity index (χ3n) is 2.44. The average molecular weight is 283 g/mol. The van der Waals surface area contributed by atoms with Crippen molar-refractivity contribution >= 4 is 5.82 Å². The molecule has 2 rings (SSSR count). The van der Waals surface area contributed by atoms with Crippen LogP contribution < -0.4 is 10.1 Å². The number of aryl methyl sites for hydroxylation is 1. The number of benzene rings is 1. The van der Waals surface area contributed by atoms with Crippen molar-refractivity contribution in [2.24, 2.45) is 0 Å². The topological polar surface area (TPSA) is 47.0 Å². The Bertz CT molecular complexity index is 614. The highest BCUT2D eigenvalue weighted by atomic mass is 19.4. The van der Waals surface area contributed by atoms with Crippen molar-refractivity contribution in [3.05, 3.63) is 36.0 Å². The molecule has 0 atom stereocenters. The van der Waals surface area contributed by atoms with Crippen molar-refractivity contribution < 1.29 is 17.9 Å². The molecule has 1 aromatic heterocycles. The predicted octanol–water partition coefficient (Wildman–Crippen LogP) is 3.39. The Labute approximate surface area is 113 Å². The monoisotopic (exact) mass is 283 g/mol. The Morgan fingerprint density at radius 3 is 2.55 bits per heavy atom. The van der Waals surface area contributed by atoms with Crippen molar-refractivity contribution in [2.75, 3.05) is 12.4 Å². The maximum Gasteiger partial charge on any atom is 0.573 e. The molecular formula is C13H12F3N3O. The van der Waals surface area contributed by atoms with Crippen LogP contribution in [0.5, 0.6) is 5.75 Å². The van der Waals surface area contributed by atoms with E-state index in [1.165, 1.54) is 18.2 Å². The van der Waals surface area contributed by atoms with Crippen LogP contribution in [0.3, 0.4) is 0 Å². The van der Waals surface area contributed by atoms with Crippen LogP contribution in [-0.2, 0) is 0 Å². The van der Waals surface area contributed by atoms with Gasteiger partial charge in [0.1, 0.15) is 11.6 Å². The summed E-state index contributed by atoms with van der Waals surface area (Å²) in [4.78, 5) is 8.40. The smallest absolute Gasteiger partial charge is 0.406 e. The van der Waals surface area contributed by atoms with Gasteiger partial charge in [-0.2, -0.15) is 0 Å². The van der Waals surface area contributed by atoms with Crippen LogP contribution in [0.15, 0.2) is 30.3 Å². The molecule has 0 unspecified atom stereocenters. The van der Waals surface area contributed by atoms with Crippen molar-refractivity contribution in [3.63, 3.8) is 0 Å². The van der Waals surface area contributed by atoms with Gasteiger partial charge >= 0.3 is 6.36 Å². The first-order valence-electron chi connectivity index (χ1n) is 5.77. The van der Waals surface area contributed by atoms with E-state index in [1.54, 1.807) is 26.1 Å². The van der Waals surface area contributed by atoms with Crippen molar-refractivity contribution in [1.82, 2.24) is 9.97 Å². The number of anilines is 1. The molecule has 0 saturated heterocycles. The summed E-state index contributed by atoms with van der Waals surface area (Å²) in [6.07, 6.45) is -4.72. The lowest BCUT2D eigenvalue weighted by molar-refractivity contribution is -0.274. The molecule has 20 heavy (non-hydrogen) atoms. The number of rotatable bonds is 3. The summed E-state index contributed by atoms with van der Waals surface area (Å²) in [7, 11) is 1.70. The van der Waals surface area contributed by atoms with E-state index in [4.69, 9.17) is 0 Å². The second-order valence-electron chi connectivity index (χ2n) is 4.04. The van der Waals surface area contributed by atoms with Crippen LogP contribution >= 0.6 is 0 Å². The van der Waals surface area contributed by atoms with Gasteiger partial charge in [0, 0.05) is 24.4 Å². The molecule has 0 spiro atoms. The third-order valence-corrected chi connectivity index (χ3v) is 2.44. The Balaban J connectivity index is 2.38. The molecule has 1 N–H and O–H groups in total. The number of halogens is 3. The van der Waals surface area contributed by atoms with Crippen LogP contribution in [0.25, 0.3) is 11.4 Å². The molecule has 0 amide bonds. The second-order valence-corrected chi connectivity index (χ2v) is 4.04. The lowest BCUT2D eigenvalue weighted by Crippen LogP contribution is -2.17. The normalized spacial score (nSPS) is 11.2. The quantitative estimate of drug-likeness (QED) is 0.938. The summed E-state index contributed by atoms with van der Waals surface area (Å²) in [6, 6.07) is 7.30. The largest absolute Gasteiger partial charge is 0.573 e. The zero-order valence-electron chi connectivity index (χ0n) is 10.8. The Kier molecular flexibility index (Phi) is 3.78. The van der Waals surface area contributed by atoms with E-state index in [-0.39, 0.29) is 5.75 Å². The van der Waals surface area contributed by atoms with E-state index < -0.39 is 6.36 Å². The first-order valence-corrected chi connectivity index (χ1v) is 5.77. The van der Waals surface area contributed by atoms with Gasteiger partial charge in [0.2, 0.25) is 0 Å². The van der Waals surface area contributed by atoms with Gasteiger partial charge in [-0.25, -0.2) is 9.97 Å². The van der Waals surface area contributed by atoms with Gasteiger partial charge in [0.05, 0.1) is 0 Å². The van der Waals surface area contributed by atoms with E-state index in [9.17, 15) is 13.2 Å². The van der Waals surface area contributed by atoms with Gasteiger partial charge in [-0.3, -0.25) is 0 Å². The van der Waals surface area contributed by atoms with Crippen molar-refractivity contribution in [3.8, 4) is 17.1 Å².